The maximum absolute atomic E-state index is 13.7. The van der Waals surface area contributed by atoms with E-state index in [1.165, 1.54) is 5.56 Å². The second-order valence-electron chi connectivity index (χ2n) is 7.60. The van der Waals surface area contributed by atoms with Crippen molar-refractivity contribution in [1.29, 1.82) is 5.26 Å². The number of thiophene rings is 1. The Bertz CT molecular complexity index is 1310. The van der Waals surface area contributed by atoms with Crippen molar-refractivity contribution in [3.63, 3.8) is 0 Å². The highest BCUT2D eigenvalue weighted by molar-refractivity contribution is 7.19. The van der Waals surface area contributed by atoms with Gasteiger partial charge in [0.25, 0.3) is 5.56 Å². The molecule has 0 N–H and O–H groups in total. The van der Waals surface area contributed by atoms with Gasteiger partial charge in [-0.1, -0.05) is 59.7 Å². The number of rotatable bonds is 5. The minimum Gasteiger partial charge on any atom is -0.292 e. The number of aromatic nitrogens is 2. The van der Waals surface area contributed by atoms with Gasteiger partial charge in [-0.3, -0.25) is 9.36 Å². The van der Waals surface area contributed by atoms with E-state index in [0.717, 1.165) is 32.0 Å². The number of nitrogens with zero attached hydrogens (tertiary/aromatic N) is 3. The van der Waals surface area contributed by atoms with Crippen molar-refractivity contribution in [2.45, 2.75) is 40.2 Å². The summed E-state index contributed by atoms with van der Waals surface area (Å²) in [6.07, 6.45) is 1.02. The van der Waals surface area contributed by atoms with Crippen LogP contribution in [0.25, 0.3) is 32.7 Å². The first-order valence-electron chi connectivity index (χ1n) is 10.0. The van der Waals surface area contributed by atoms with Crippen molar-refractivity contribution >= 4 is 21.6 Å². The van der Waals surface area contributed by atoms with E-state index in [9.17, 15) is 4.79 Å². The molecule has 0 amide bonds. The Balaban J connectivity index is 1.98. The summed E-state index contributed by atoms with van der Waals surface area (Å²) in [6.45, 7) is 6.62. The molecule has 30 heavy (non-hydrogen) atoms. The third-order valence-corrected chi connectivity index (χ3v) is 6.31. The van der Waals surface area contributed by atoms with Gasteiger partial charge in [0.1, 0.15) is 10.7 Å². The van der Waals surface area contributed by atoms with Crippen LogP contribution >= 0.6 is 11.3 Å². The molecule has 0 saturated carbocycles. The van der Waals surface area contributed by atoms with Crippen LogP contribution in [-0.4, -0.2) is 9.55 Å². The predicted octanol–water partition coefficient (Wildman–Crippen LogP) is 6.02. The predicted molar refractivity (Wildman–Crippen MR) is 124 cm³/mol. The second kappa shape index (κ2) is 8.25. The van der Waals surface area contributed by atoms with Crippen LogP contribution in [0.5, 0.6) is 0 Å². The van der Waals surface area contributed by atoms with Crippen LogP contribution in [0.3, 0.4) is 0 Å². The molecule has 0 atom stereocenters. The topological polar surface area (TPSA) is 58.7 Å². The smallest absolute Gasteiger partial charge is 0.263 e. The van der Waals surface area contributed by atoms with E-state index >= 15 is 0 Å². The fourth-order valence-corrected chi connectivity index (χ4v) is 4.74. The number of hydrogen-bond donors (Lipinski definition) is 0. The fourth-order valence-electron chi connectivity index (χ4n) is 3.71. The van der Waals surface area contributed by atoms with Gasteiger partial charge < -0.3 is 0 Å². The summed E-state index contributed by atoms with van der Waals surface area (Å²) in [7, 11) is 0. The van der Waals surface area contributed by atoms with E-state index < -0.39 is 0 Å². The lowest BCUT2D eigenvalue weighted by atomic mass is 10.0. The summed E-state index contributed by atoms with van der Waals surface area (Å²) in [4.78, 5) is 20.5. The molecule has 0 unspecified atom stereocenters. The molecule has 4 rings (SSSR count). The molecule has 0 aliphatic heterocycles. The first kappa shape index (κ1) is 20.1. The third-order valence-electron chi connectivity index (χ3n) is 5.31. The Kier molecular flexibility index (Phi) is 5.52. The van der Waals surface area contributed by atoms with Crippen LogP contribution in [0.15, 0.2) is 53.3 Å². The van der Waals surface area contributed by atoms with Gasteiger partial charge in [-0.25, -0.2) is 4.98 Å². The molecule has 0 aliphatic rings. The van der Waals surface area contributed by atoms with Crippen LogP contribution in [0, 0.1) is 32.1 Å². The Morgan fingerprint density at radius 1 is 0.967 bits per heavy atom. The lowest BCUT2D eigenvalue weighted by Gasteiger charge is -2.13. The summed E-state index contributed by atoms with van der Waals surface area (Å²) in [5.74, 6) is 0.669. The largest absolute Gasteiger partial charge is 0.292 e. The molecule has 4 nitrogen and oxygen atoms in total. The zero-order chi connectivity index (χ0) is 21.3. The molecule has 0 saturated heterocycles. The van der Waals surface area contributed by atoms with E-state index in [-0.39, 0.29) is 5.56 Å². The van der Waals surface area contributed by atoms with Gasteiger partial charge in [0, 0.05) is 29.0 Å². The maximum atomic E-state index is 13.7. The SMILES string of the molecule is Cc1ccc(-c2c(C)sc3nc(-c4ccc(C)cc4)n(CCCC#N)c(=O)c23)cc1. The van der Waals surface area contributed by atoms with E-state index in [1.807, 2.05) is 38.1 Å². The van der Waals surface area contributed by atoms with E-state index in [0.29, 0.717) is 30.6 Å². The molecule has 4 aromatic rings. The number of fused-ring (bicyclic) bond motifs is 1. The lowest BCUT2D eigenvalue weighted by Crippen LogP contribution is -2.23. The number of unbranched alkanes of at least 4 members (excludes halogenated alkanes) is 1. The van der Waals surface area contributed by atoms with Crippen molar-refractivity contribution in [1.82, 2.24) is 9.55 Å². The fraction of sp³-hybridized carbons (Fsp3) is 0.240. The Morgan fingerprint density at radius 3 is 2.17 bits per heavy atom. The van der Waals surface area contributed by atoms with Gasteiger partial charge in [-0.15, -0.1) is 11.3 Å². The molecule has 0 bridgehead atoms. The molecule has 0 aliphatic carbocycles. The van der Waals surface area contributed by atoms with Crippen molar-refractivity contribution in [2.75, 3.05) is 0 Å². The monoisotopic (exact) mass is 413 g/mol. The van der Waals surface area contributed by atoms with Crippen molar-refractivity contribution in [2.24, 2.45) is 0 Å². The number of benzene rings is 2. The molecular formula is C25H23N3OS. The van der Waals surface area contributed by atoms with E-state index in [4.69, 9.17) is 10.2 Å². The van der Waals surface area contributed by atoms with Crippen molar-refractivity contribution in [3.8, 4) is 28.6 Å². The van der Waals surface area contributed by atoms with E-state index in [2.05, 4.69) is 37.3 Å². The van der Waals surface area contributed by atoms with Gasteiger partial charge in [0.2, 0.25) is 0 Å². The quantitative estimate of drug-likeness (QED) is 0.376. The average molecular weight is 414 g/mol. The highest BCUT2D eigenvalue weighted by Crippen LogP contribution is 2.36. The standard InChI is InChI=1S/C25H23N3OS/c1-16-6-10-19(11-7-16)21-18(3)30-24-22(21)25(29)28(15-5-4-14-26)23(27-24)20-12-8-17(2)9-13-20/h6-13H,4-5,15H2,1-3H3. The minimum absolute atomic E-state index is 0.0339. The third kappa shape index (κ3) is 3.67. The average Bonchev–Trinajstić information content (AvgIpc) is 3.07. The van der Waals surface area contributed by atoms with Crippen LogP contribution in [0.4, 0.5) is 0 Å². The molecule has 0 radical (unpaired) electrons. The maximum Gasteiger partial charge on any atom is 0.263 e. The van der Waals surface area contributed by atoms with Crippen LogP contribution < -0.4 is 5.56 Å². The van der Waals surface area contributed by atoms with Gasteiger partial charge in [0.05, 0.1) is 11.5 Å². The zero-order valence-electron chi connectivity index (χ0n) is 17.4. The molecule has 2 aromatic heterocycles. The number of aryl methyl sites for hydroxylation is 3. The highest BCUT2D eigenvalue weighted by Gasteiger charge is 2.20. The Hall–Kier alpha value is -3.23. The molecule has 0 fully saturated rings. The number of hydrogen-bond acceptors (Lipinski definition) is 4. The molecule has 2 heterocycles. The van der Waals surface area contributed by atoms with Crippen LogP contribution in [0.2, 0.25) is 0 Å². The molecule has 150 valence electrons. The van der Waals surface area contributed by atoms with Crippen LogP contribution in [-0.2, 0) is 6.54 Å². The van der Waals surface area contributed by atoms with Gasteiger partial charge in [-0.05, 0) is 32.8 Å². The first-order chi connectivity index (χ1) is 14.5. The van der Waals surface area contributed by atoms with Gasteiger partial charge in [0.15, 0.2) is 0 Å². The minimum atomic E-state index is -0.0339. The van der Waals surface area contributed by atoms with Crippen LogP contribution in [0.1, 0.15) is 28.8 Å². The molecule has 2 aromatic carbocycles. The summed E-state index contributed by atoms with van der Waals surface area (Å²) >= 11 is 1.56. The number of nitriles is 1. The van der Waals surface area contributed by atoms with E-state index in [1.54, 1.807) is 15.9 Å². The molecular weight excluding hydrogens is 390 g/mol. The Labute approximate surface area is 180 Å². The first-order valence-corrected chi connectivity index (χ1v) is 10.9. The molecule has 0 spiro atoms. The van der Waals surface area contributed by atoms with Gasteiger partial charge >= 0.3 is 0 Å². The summed E-state index contributed by atoms with van der Waals surface area (Å²) in [5.41, 5.74) is 5.23. The summed E-state index contributed by atoms with van der Waals surface area (Å²) in [5, 5.41) is 9.64. The highest BCUT2D eigenvalue weighted by atomic mass is 32.1. The van der Waals surface area contributed by atoms with Crippen molar-refractivity contribution < 1.29 is 0 Å². The molecule has 5 heteroatoms. The normalized spacial score (nSPS) is 11.0. The second-order valence-corrected chi connectivity index (χ2v) is 8.80. The summed E-state index contributed by atoms with van der Waals surface area (Å²) < 4.78 is 1.74. The Morgan fingerprint density at radius 2 is 1.57 bits per heavy atom. The van der Waals surface area contributed by atoms with Crippen molar-refractivity contribution in [3.05, 3.63) is 74.9 Å². The lowest BCUT2D eigenvalue weighted by molar-refractivity contribution is 0.634. The summed E-state index contributed by atoms with van der Waals surface area (Å²) in [6, 6.07) is 18.5. The van der Waals surface area contributed by atoms with Gasteiger partial charge in [-0.2, -0.15) is 5.26 Å². The zero-order valence-corrected chi connectivity index (χ0v) is 18.2.